The van der Waals surface area contributed by atoms with Crippen LogP contribution in [0.25, 0.3) is 5.52 Å². The van der Waals surface area contributed by atoms with Crippen molar-refractivity contribution in [3.8, 4) is 0 Å². The van der Waals surface area contributed by atoms with Crippen LogP contribution in [0.4, 0.5) is 0 Å². The van der Waals surface area contributed by atoms with Gasteiger partial charge < -0.3 is 4.90 Å². The predicted octanol–water partition coefficient (Wildman–Crippen LogP) is 2.24. The van der Waals surface area contributed by atoms with Gasteiger partial charge in [-0.25, -0.2) is 13.4 Å². The highest BCUT2D eigenvalue weighted by molar-refractivity contribution is 7.90. The van der Waals surface area contributed by atoms with E-state index in [0.29, 0.717) is 11.4 Å². The van der Waals surface area contributed by atoms with E-state index in [1.807, 2.05) is 6.92 Å². The molecule has 0 fully saturated rings. The summed E-state index contributed by atoms with van der Waals surface area (Å²) < 4.78 is 25.3. The van der Waals surface area contributed by atoms with Crippen LogP contribution >= 0.6 is 0 Å². The van der Waals surface area contributed by atoms with E-state index in [9.17, 15) is 13.2 Å². The summed E-state index contributed by atoms with van der Waals surface area (Å²) in [4.78, 5) is 18.5. The van der Waals surface area contributed by atoms with E-state index in [1.165, 1.54) is 4.40 Å². The number of carbonyl (C=O) groups is 1. The molecule has 6 nitrogen and oxygen atoms in total. The molecule has 0 saturated carbocycles. The lowest BCUT2D eigenvalue weighted by Gasteiger charge is -2.25. The van der Waals surface area contributed by atoms with E-state index in [2.05, 4.69) is 18.8 Å². The fraction of sp³-hybridized carbons (Fsp3) is 0.500. The van der Waals surface area contributed by atoms with Crippen molar-refractivity contribution in [3.05, 3.63) is 30.1 Å². The minimum Gasteiger partial charge on any atom is -0.338 e. The van der Waals surface area contributed by atoms with Gasteiger partial charge in [0.2, 0.25) is 15.0 Å². The standard InChI is InChI=1S/C16H23N3O3S/c1-11(2)10-12(3)18(4)15(20)14-13-8-6-7-9-19(13)16(17-14)23(5,21)22/h6-9,11-12H,10H2,1-5H3/t12-/m0/s1. The monoisotopic (exact) mass is 337 g/mol. The first kappa shape index (κ1) is 17.5. The summed E-state index contributed by atoms with van der Waals surface area (Å²) in [6.07, 6.45) is 3.56. The summed E-state index contributed by atoms with van der Waals surface area (Å²) in [5.41, 5.74) is 0.672. The van der Waals surface area contributed by atoms with Gasteiger partial charge in [0.05, 0.1) is 5.52 Å². The summed E-state index contributed by atoms with van der Waals surface area (Å²) >= 11 is 0. The topological polar surface area (TPSA) is 71.8 Å². The van der Waals surface area contributed by atoms with E-state index >= 15 is 0 Å². The van der Waals surface area contributed by atoms with E-state index in [0.717, 1.165) is 12.7 Å². The van der Waals surface area contributed by atoms with Crippen LogP contribution in [0.3, 0.4) is 0 Å². The van der Waals surface area contributed by atoms with E-state index in [4.69, 9.17) is 0 Å². The molecule has 2 aromatic rings. The van der Waals surface area contributed by atoms with Gasteiger partial charge in [0.1, 0.15) is 0 Å². The van der Waals surface area contributed by atoms with Crippen LogP contribution in [-0.2, 0) is 9.84 Å². The lowest BCUT2D eigenvalue weighted by molar-refractivity contribution is 0.0724. The van der Waals surface area contributed by atoms with Crippen molar-refractivity contribution in [1.82, 2.24) is 14.3 Å². The third-order valence-electron chi connectivity index (χ3n) is 3.84. The zero-order valence-electron chi connectivity index (χ0n) is 14.1. The molecule has 23 heavy (non-hydrogen) atoms. The van der Waals surface area contributed by atoms with Gasteiger partial charge in [-0.3, -0.25) is 9.20 Å². The molecule has 0 unspecified atom stereocenters. The number of aromatic nitrogens is 2. The molecule has 0 spiro atoms. The normalized spacial score (nSPS) is 13.5. The lowest BCUT2D eigenvalue weighted by atomic mass is 10.0. The Balaban J connectivity index is 2.50. The maximum absolute atomic E-state index is 12.8. The van der Waals surface area contributed by atoms with Crippen LogP contribution in [0.15, 0.2) is 29.6 Å². The highest BCUT2D eigenvalue weighted by atomic mass is 32.2. The Bertz CT molecular complexity index is 824. The minimum absolute atomic E-state index is 0.0460. The smallest absolute Gasteiger partial charge is 0.274 e. The number of hydrogen-bond acceptors (Lipinski definition) is 4. The fourth-order valence-electron chi connectivity index (χ4n) is 2.64. The van der Waals surface area contributed by atoms with E-state index in [-0.39, 0.29) is 22.8 Å². The minimum atomic E-state index is -3.53. The molecule has 0 aliphatic rings. The fourth-order valence-corrected chi connectivity index (χ4v) is 3.41. The SMILES string of the molecule is CC(C)C[C@H](C)N(C)C(=O)c1nc(S(C)(=O)=O)n2ccccc12. The summed E-state index contributed by atoms with van der Waals surface area (Å²) in [5, 5.41) is -0.110. The average Bonchev–Trinajstić information content (AvgIpc) is 2.84. The van der Waals surface area contributed by atoms with Crippen LogP contribution in [0.5, 0.6) is 0 Å². The Morgan fingerprint density at radius 1 is 1.30 bits per heavy atom. The average molecular weight is 337 g/mol. The number of nitrogens with zero attached hydrogens (tertiary/aromatic N) is 3. The summed E-state index contributed by atoms with van der Waals surface area (Å²) in [7, 11) is -1.80. The zero-order chi connectivity index (χ0) is 17.4. The first-order valence-corrected chi connectivity index (χ1v) is 9.46. The van der Waals surface area contributed by atoms with Crippen molar-refractivity contribution in [3.63, 3.8) is 0 Å². The van der Waals surface area contributed by atoms with Gasteiger partial charge in [-0.2, -0.15) is 0 Å². The second kappa shape index (κ2) is 6.31. The van der Waals surface area contributed by atoms with Crippen molar-refractivity contribution in [1.29, 1.82) is 0 Å². The van der Waals surface area contributed by atoms with Crippen LogP contribution < -0.4 is 0 Å². The third-order valence-corrected chi connectivity index (χ3v) is 4.80. The number of fused-ring (bicyclic) bond motifs is 1. The molecule has 2 heterocycles. The molecule has 126 valence electrons. The molecule has 0 aliphatic heterocycles. The Hall–Kier alpha value is -1.89. The van der Waals surface area contributed by atoms with Gasteiger partial charge >= 0.3 is 0 Å². The van der Waals surface area contributed by atoms with Gasteiger partial charge in [0.25, 0.3) is 5.91 Å². The van der Waals surface area contributed by atoms with Gasteiger partial charge in [0, 0.05) is 25.5 Å². The van der Waals surface area contributed by atoms with Crippen molar-refractivity contribution < 1.29 is 13.2 Å². The molecule has 0 aromatic carbocycles. The number of imidazole rings is 1. The molecule has 0 N–H and O–H groups in total. The summed E-state index contributed by atoms with van der Waals surface area (Å²) in [6, 6.07) is 5.22. The number of hydrogen-bond donors (Lipinski definition) is 0. The number of pyridine rings is 1. The molecular formula is C16H23N3O3S. The van der Waals surface area contributed by atoms with Crippen molar-refractivity contribution in [2.45, 2.75) is 38.4 Å². The van der Waals surface area contributed by atoms with Crippen molar-refractivity contribution >= 4 is 21.3 Å². The predicted molar refractivity (Wildman–Crippen MR) is 89.3 cm³/mol. The molecule has 0 radical (unpaired) electrons. The Kier molecular flexibility index (Phi) is 4.79. The Labute approximate surface area is 137 Å². The second-order valence-electron chi connectivity index (χ2n) is 6.37. The second-order valence-corrected chi connectivity index (χ2v) is 8.28. The number of rotatable bonds is 5. The quantitative estimate of drug-likeness (QED) is 0.839. The molecule has 1 amide bonds. The van der Waals surface area contributed by atoms with Crippen molar-refractivity contribution in [2.75, 3.05) is 13.3 Å². The highest BCUT2D eigenvalue weighted by Gasteiger charge is 2.26. The van der Waals surface area contributed by atoms with Crippen molar-refractivity contribution in [2.24, 2.45) is 5.92 Å². The van der Waals surface area contributed by atoms with Gasteiger partial charge in [-0.1, -0.05) is 19.9 Å². The van der Waals surface area contributed by atoms with E-state index in [1.54, 1.807) is 36.3 Å². The maximum atomic E-state index is 12.8. The van der Waals surface area contributed by atoms with Crippen LogP contribution in [-0.4, -0.2) is 48.0 Å². The lowest BCUT2D eigenvalue weighted by Crippen LogP contribution is -2.36. The summed E-state index contributed by atoms with van der Waals surface area (Å²) in [5.74, 6) is 0.197. The first-order chi connectivity index (χ1) is 10.6. The summed E-state index contributed by atoms with van der Waals surface area (Å²) in [6.45, 7) is 6.18. The molecule has 0 saturated heterocycles. The van der Waals surface area contributed by atoms with Gasteiger partial charge in [-0.15, -0.1) is 0 Å². The first-order valence-electron chi connectivity index (χ1n) is 7.57. The molecule has 7 heteroatoms. The number of sulfone groups is 1. The highest BCUT2D eigenvalue weighted by Crippen LogP contribution is 2.20. The van der Waals surface area contributed by atoms with Crippen LogP contribution in [0.2, 0.25) is 0 Å². The molecule has 2 rings (SSSR count). The Morgan fingerprint density at radius 3 is 2.52 bits per heavy atom. The van der Waals surface area contributed by atoms with Gasteiger partial charge in [0.15, 0.2) is 5.69 Å². The van der Waals surface area contributed by atoms with Gasteiger partial charge in [-0.05, 0) is 31.4 Å². The molecule has 0 bridgehead atoms. The number of amides is 1. The molecule has 1 atom stereocenters. The Morgan fingerprint density at radius 2 is 1.96 bits per heavy atom. The zero-order valence-corrected chi connectivity index (χ0v) is 15.0. The third kappa shape index (κ3) is 3.55. The maximum Gasteiger partial charge on any atom is 0.274 e. The largest absolute Gasteiger partial charge is 0.338 e. The molecule has 0 aliphatic carbocycles. The molecule has 2 aromatic heterocycles. The van der Waals surface area contributed by atoms with Crippen LogP contribution in [0.1, 0.15) is 37.7 Å². The molecular weight excluding hydrogens is 314 g/mol. The van der Waals surface area contributed by atoms with Crippen LogP contribution in [0, 0.1) is 5.92 Å². The number of carbonyl (C=O) groups excluding carboxylic acids is 1. The van der Waals surface area contributed by atoms with E-state index < -0.39 is 9.84 Å².